The summed E-state index contributed by atoms with van der Waals surface area (Å²) < 4.78 is 35.2. The van der Waals surface area contributed by atoms with E-state index in [0.29, 0.717) is 82.2 Å². The van der Waals surface area contributed by atoms with Crippen LogP contribution >= 0.6 is 23.2 Å². The second kappa shape index (κ2) is 19.5. The topological polar surface area (TPSA) is 213 Å². The smallest absolute Gasteiger partial charge is 0.303 e. The quantitative estimate of drug-likeness (QED) is 0.0899. The number of carboxylic acids is 2. The first-order chi connectivity index (χ1) is 34.1. The van der Waals surface area contributed by atoms with Gasteiger partial charge in [0.15, 0.2) is 23.5 Å². The third-order valence-electron chi connectivity index (χ3n) is 13.0. The Morgan fingerprint density at radius 1 is 0.500 bits per heavy atom. The summed E-state index contributed by atoms with van der Waals surface area (Å²) in [5.74, 6) is -2.09. The molecule has 4 fully saturated rings. The van der Waals surface area contributed by atoms with Gasteiger partial charge < -0.3 is 48.6 Å². The highest BCUT2D eigenvalue weighted by Gasteiger charge is 2.51. The van der Waals surface area contributed by atoms with E-state index in [2.05, 4.69) is 54.2 Å². The van der Waals surface area contributed by atoms with Crippen LogP contribution < -0.4 is 9.47 Å². The molecule has 4 aromatic heterocycles. The van der Waals surface area contributed by atoms with Crippen LogP contribution in [0, 0.1) is 11.8 Å². The van der Waals surface area contributed by atoms with E-state index in [1.54, 1.807) is 12.1 Å². The van der Waals surface area contributed by atoms with Crippen molar-refractivity contribution < 1.29 is 48.2 Å². The van der Waals surface area contributed by atoms with Gasteiger partial charge in [0.1, 0.15) is 12.2 Å². The summed E-state index contributed by atoms with van der Waals surface area (Å²) in [5.41, 5.74) is 9.82. The van der Waals surface area contributed by atoms with Crippen LogP contribution in [0.5, 0.6) is 12.0 Å². The van der Waals surface area contributed by atoms with Crippen LogP contribution in [0.4, 0.5) is 0 Å². The minimum absolute atomic E-state index is 0.00997. The van der Waals surface area contributed by atoms with Gasteiger partial charge in [-0.2, -0.15) is 9.97 Å². The van der Waals surface area contributed by atoms with Gasteiger partial charge in [0.2, 0.25) is 0 Å². The van der Waals surface area contributed by atoms with E-state index >= 15 is 0 Å². The number of carboxylic acid groups (broad SMARTS) is 2. The Morgan fingerprint density at radius 3 is 1.24 bits per heavy atom. The molecule has 0 amide bonds. The summed E-state index contributed by atoms with van der Waals surface area (Å²) in [6.07, 6.45) is -2.01. The molecule has 18 heteroatoms. The van der Waals surface area contributed by atoms with Crippen molar-refractivity contribution in [3.63, 3.8) is 0 Å². The van der Waals surface area contributed by atoms with E-state index in [0.717, 1.165) is 33.4 Å². The van der Waals surface area contributed by atoms with Crippen LogP contribution in [0.25, 0.3) is 67.1 Å². The third kappa shape index (κ3) is 9.41. The van der Waals surface area contributed by atoms with Crippen molar-refractivity contribution in [3.8, 4) is 56.8 Å². The fourth-order valence-electron chi connectivity index (χ4n) is 9.58. The third-order valence-corrected chi connectivity index (χ3v) is 13.5. The van der Waals surface area contributed by atoms with Crippen molar-refractivity contribution in [1.82, 2.24) is 29.9 Å². The van der Waals surface area contributed by atoms with Crippen molar-refractivity contribution in [2.75, 3.05) is 26.4 Å². The number of ether oxygens (including phenoxy) is 6. The van der Waals surface area contributed by atoms with Gasteiger partial charge in [-0.05, 0) is 34.4 Å². The summed E-state index contributed by atoms with van der Waals surface area (Å²) in [6.45, 7) is 1.28. The molecule has 356 valence electrons. The molecule has 4 aliphatic rings. The molecule has 0 radical (unpaired) electrons. The summed E-state index contributed by atoms with van der Waals surface area (Å²) in [7, 11) is 0. The van der Waals surface area contributed by atoms with Crippen LogP contribution in [0.2, 0.25) is 10.0 Å². The molecule has 8 atom stereocenters. The second-order valence-corrected chi connectivity index (χ2v) is 18.4. The number of imidazole rings is 2. The van der Waals surface area contributed by atoms with Gasteiger partial charge in [0.25, 0.3) is 12.0 Å². The summed E-state index contributed by atoms with van der Waals surface area (Å²) >= 11 is 13.1. The normalized spacial score (nSPS) is 23.5. The lowest BCUT2D eigenvalue weighted by Gasteiger charge is -2.16. The Balaban J connectivity index is 0.000000152. The minimum Gasteiger partial charge on any atom is -0.481 e. The molecule has 4 aliphatic heterocycles. The van der Waals surface area contributed by atoms with Gasteiger partial charge in [-0.25, -0.2) is 9.97 Å². The standard InChI is InChI=1S/2C26H22ClN3O5/c2*27-18-11-19-25(29-22(18)16-8-6-15(7-9-16)14-4-2-1-3-5-14)30-26(28-19)35-20-13-34-23-17(10-21(31)32)12-33-24(20)23/h2*1-9,11,17,20,23-24H,10,12-13H2,(H,31,32)(H,28,29,30)/t17-,20+,23+,24+;17-,20-,23-,24-/m01/s1. The zero-order valence-electron chi connectivity index (χ0n) is 37.1. The molecule has 0 bridgehead atoms. The van der Waals surface area contributed by atoms with E-state index < -0.39 is 11.9 Å². The van der Waals surface area contributed by atoms with Crippen LogP contribution in [-0.2, 0) is 28.5 Å². The summed E-state index contributed by atoms with van der Waals surface area (Å²) in [6, 6.07) is 40.6. The number of nitrogens with one attached hydrogen (secondary N) is 2. The van der Waals surface area contributed by atoms with Gasteiger partial charge in [-0.15, -0.1) is 0 Å². The van der Waals surface area contributed by atoms with E-state index in [-0.39, 0.29) is 61.3 Å². The van der Waals surface area contributed by atoms with Gasteiger partial charge in [-0.1, -0.05) is 132 Å². The second-order valence-electron chi connectivity index (χ2n) is 17.6. The molecule has 4 aromatic carbocycles. The number of benzene rings is 4. The lowest BCUT2D eigenvalue weighted by atomic mass is 9.98. The minimum atomic E-state index is -0.863. The number of H-pyrrole nitrogens is 2. The Morgan fingerprint density at radius 2 is 0.857 bits per heavy atom. The predicted molar refractivity (Wildman–Crippen MR) is 259 cm³/mol. The molecule has 0 aliphatic carbocycles. The van der Waals surface area contributed by atoms with Crippen LogP contribution in [0.15, 0.2) is 121 Å². The molecule has 8 aromatic rings. The van der Waals surface area contributed by atoms with Crippen molar-refractivity contribution >= 4 is 57.5 Å². The molecule has 70 heavy (non-hydrogen) atoms. The number of fused-ring (bicyclic) bond motifs is 4. The zero-order valence-corrected chi connectivity index (χ0v) is 38.6. The van der Waals surface area contributed by atoms with Crippen molar-refractivity contribution in [3.05, 3.63) is 131 Å². The molecule has 8 heterocycles. The molecule has 0 spiro atoms. The Bertz CT molecular complexity index is 2960. The molecule has 0 unspecified atom stereocenters. The fourth-order valence-corrected chi connectivity index (χ4v) is 10.1. The lowest BCUT2D eigenvalue weighted by Crippen LogP contribution is -2.34. The van der Waals surface area contributed by atoms with Crippen molar-refractivity contribution in [2.45, 2.75) is 49.5 Å². The number of pyridine rings is 2. The maximum Gasteiger partial charge on any atom is 0.303 e. The summed E-state index contributed by atoms with van der Waals surface area (Å²) in [4.78, 5) is 46.7. The van der Waals surface area contributed by atoms with E-state index in [1.165, 1.54) is 0 Å². The number of carbonyl (C=O) groups is 2. The fraction of sp³-hybridized carbons (Fsp3) is 0.269. The molecule has 16 nitrogen and oxygen atoms in total. The van der Waals surface area contributed by atoms with Gasteiger partial charge >= 0.3 is 11.9 Å². The Kier molecular flexibility index (Phi) is 12.7. The number of aromatic amines is 2. The number of aromatic nitrogens is 6. The van der Waals surface area contributed by atoms with Crippen LogP contribution in [0.1, 0.15) is 12.8 Å². The maximum absolute atomic E-state index is 11.1. The highest BCUT2D eigenvalue weighted by atomic mass is 35.5. The number of aliphatic carboxylic acids is 2. The molecule has 4 N–H and O–H groups in total. The first kappa shape index (κ1) is 45.5. The number of hydrogen-bond acceptors (Lipinski definition) is 12. The molecular formula is C52H44Cl2N6O10. The van der Waals surface area contributed by atoms with Gasteiger partial charge in [0, 0.05) is 23.0 Å². The molecule has 12 rings (SSSR count). The SMILES string of the molecule is O=C(O)C[C@@H]1CO[C@H]2[C@@H]1OC[C@H]2Oc1nc2nc(-c3ccc(-c4ccccc4)cc3)c(Cl)cc2[nH]1.O=C(O)C[C@H]1CO[C@H]2[C@@H]1OC[C@H]2Oc1nc2nc(-c3ccc(-c4ccccc4)cc3)c(Cl)cc2[nH]1. The number of nitrogens with zero attached hydrogens (tertiary/aromatic N) is 4. The van der Waals surface area contributed by atoms with Gasteiger partial charge in [-0.3, -0.25) is 9.59 Å². The average Bonchev–Trinajstić information content (AvgIpc) is 4.24. The number of rotatable bonds is 12. The van der Waals surface area contributed by atoms with E-state index in [9.17, 15) is 9.59 Å². The molecular weight excluding hydrogens is 940 g/mol. The number of halogens is 2. The zero-order chi connectivity index (χ0) is 47.9. The predicted octanol–water partition coefficient (Wildman–Crippen LogP) is 9.16. The largest absolute Gasteiger partial charge is 0.481 e. The van der Waals surface area contributed by atoms with Gasteiger partial charge in [0.05, 0.1) is 83.9 Å². The summed E-state index contributed by atoms with van der Waals surface area (Å²) in [5, 5.41) is 19.2. The van der Waals surface area contributed by atoms with E-state index in [4.69, 9.17) is 61.8 Å². The molecule has 0 saturated carbocycles. The lowest BCUT2D eigenvalue weighted by molar-refractivity contribution is -0.139. The van der Waals surface area contributed by atoms with Crippen molar-refractivity contribution in [1.29, 1.82) is 0 Å². The monoisotopic (exact) mass is 982 g/mol. The van der Waals surface area contributed by atoms with E-state index in [1.807, 2.05) is 84.9 Å². The Hall–Kier alpha value is -6.92. The first-order valence-corrected chi connectivity index (χ1v) is 23.5. The van der Waals surface area contributed by atoms with Crippen LogP contribution in [0.3, 0.4) is 0 Å². The molecule has 4 saturated heterocycles. The Labute approximate surface area is 409 Å². The highest BCUT2D eigenvalue weighted by Crippen LogP contribution is 2.38. The maximum atomic E-state index is 11.1. The average molecular weight is 984 g/mol. The van der Waals surface area contributed by atoms with Crippen LogP contribution in [-0.4, -0.2) is 115 Å². The first-order valence-electron chi connectivity index (χ1n) is 22.8. The van der Waals surface area contributed by atoms with Crippen molar-refractivity contribution in [2.24, 2.45) is 11.8 Å². The highest BCUT2D eigenvalue weighted by molar-refractivity contribution is 6.34. The number of hydrogen-bond donors (Lipinski definition) is 4.